The number of hydrogen-bond acceptors (Lipinski definition) is 4. The molecule has 2 aromatic rings. The average Bonchev–Trinajstić information content (AvgIpc) is 2.78. The Hall–Kier alpha value is -1.58. The lowest BCUT2D eigenvalue weighted by atomic mass is 9.81. The van der Waals surface area contributed by atoms with Crippen molar-refractivity contribution in [2.24, 2.45) is 5.92 Å². The van der Waals surface area contributed by atoms with Crippen molar-refractivity contribution in [2.45, 2.75) is 103 Å². The SMILES string of the molecule is CC(O)C1CC(O[Si](c2ccccc2)(c2ccccc2)C(C)(C)C)CC(O[Si](C)(C)C(C)(C)C)C1=O. The third-order valence-electron chi connectivity index (χ3n) is 8.26. The van der Waals surface area contributed by atoms with Gasteiger partial charge in [0.15, 0.2) is 14.1 Å². The van der Waals surface area contributed by atoms with Crippen LogP contribution in [0.15, 0.2) is 60.7 Å². The summed E-state index contributed by atoms with van der Waals surface area (Å²) >= 11 is 0. The minimum Gasteiger partial charge on any atom is -0.407 e. The van der Waals surface area contributed by atoms with E-state index in [1.807, 2.05) is 12.1 Å². The molecule has 0 amide bonds. The van der Waals surface area contributed by atoms with E-state index in [1.54, 1.807) is 6.92 Å². The summed E-state index contributed by atoms with van der Waals surface area (Å²) in [4.78, 5) is 13.5. The van der Waals surface area contributed by atoms with Gasteiger partial charge in [-0.05, 0) is 46.9 Å². The number of Topliss-reactive ketones (excluding diaryl/α,β-unsaturated/α-hetero) is 1. The van der Waals surface area contributed by atoms with Crippen molar-refractivity contribution in [3.8, 4) is 0 Å². The van der Waals surface area contributed by atoms with Crippen LogP contribution in [0.2, 0.25) is 23.2 Å². The van der Waals surface area contributed by atoms with Crippen LogP contribution in [0.25, 0.3) is 0 Å². The lowest BCUT2D eigenvalue weighted by Gasteiger charge is -2.48. The quantitative estimate of drug-likeness (QED) is 0.472. The molecule has 2 aromatic carbocycles. The Morgan fingerprint density at radius 1 is 0.806 bits per heavy atom. The smallest absolute Gasteiger partial charge is 0.261 e. The fourth-order valence-electron chi connectivity index (χ4n) is 5.20. The molecular weight excluding hydrogens is 480 g/mol. The van der Waals surface area contributed by atoms with Crippen LogP contribution >= 0.6 is 0 Å². The number of aliphatic hydroxyl groups is 1. The summed E-state index contributed by atoms with van der Waals surface area (Å²) in [6.45, 7) is 19.5. The zero-order valence-electron chi connectivity index (χ0n) is 23.7. The molecule has 6 heteroatoms. The molecule has 4 nitrogen and oxygen atoms in total. The fraction of sp³-hybridized carbons (Fsp3) is 0.567. The summed E-state index contributed by atoms with van der Waals surface area (Å²) in [5, 5.41) is 12.9. The van der Waals surface area contributed by atoms with Crippen LogP contribution in [0.4, 0.5) is 0 Å². The van der Waals surface area contributed by atoms with E-state index in [9.17, 15) is 9.90 Å². The van der Waals surface area contributed by atoms with Gasteiger partial charge in [-0.15, -0.1) is 0 Å². The Bertz CT molecular complexity index is 967. The van der Waals surface area contributed by atoms with Crippen LogP contribution in [0, 0.1) is 5.92 Å². The summed E-state index contributed by atoms with van der Waals surface area (Å²) < 4.78 is 14.1. The topological polar surface area (TPSA) is 55.8 Å². The zero-order valence-corrected chi connectivity index (χ0v) is 25.7. The van der Waals surface area contributed by atoms with Gasteiger partial charge in [-0.25, -0.2) is 0 Å². The Labute approximate surface area is 220 Å². The molecule has 0 heterocycles. The van der Waals surface area contributed by atoms with E-state index in [0.29, 0.717) is 12.8 Å². The van der Waals surface area contributed by atoms with Crippen LogP contribution in [-0.2, 0) is 13.6 Å². The number of rotatable bonds is 7. The predicted molar refractivity (Wildman–Crippen MR) is 154 cm³/mol. The van der Waals surface area contributed by atoms with Crippen LogP contribution in [0.5, 0.6) is 0 Å². The highest BCUT2D eigenvalue weighted by Gasteiger charge is 2.54. The van der Waals surface area contributed by atoms with E-state index in [0.717, 1.165) is 0 Å². The second-order valence-corrected chi connectivity index (χ2v) is 22.0. The first-order chi connectivity index (χ1) is 16.6. The molecule has 36 heavy (non-hydrogen) atoms. The molecule has 0 radical (unpaired) electrons. The number of benzene rings is 2. The second-order valence-electron chi connectivity index (χ2n) is 13.0. The zero-order chi connectivity index (χ0) is 26.9. The van der Waals surface area contributed by atoms with Crippen LogP contribution in [0.1, 0.15) is 61.3 Å². The van der Waals surface area contributed by atoms with Gasteiger partial charge >= 0.3 is 0 Å². The van der Waals surface area contributed by atoms with Crippen LogP contribution < -0.4 is 10.4 Å². The maximum atomic E-state index is 13.5. The van der Waals surface area contributed by atoms with Gasteiger partial charge in [0.05, 0.1) is 6.10 Å². The molecule has 0 spiro atoms. The van der Waals surface area contributed by atoms with E-state index < -0.39 is 34.8 Å². The average molecular weight is 527 g/mol. The molecule has 0 saturated heterocycles. The number of carbonyl (C=O) groups is 1. The van der Waals surface area contributed by atoms with Gasteiger partial charge in [0, 0.05) is 18.4 Å². The molecule has 198 valence electrons. The van der Waals surface area contributed by atoms with E-state index in [2.05, 4.69) is 103 Å². The van der Waals surface area contributed by atoms with Crippen molar-refractivity contribution in [3.05, 3.63) is 60.7 Å². The normalized spacial score (nSPS) is 22.9. The van der Waals surface area contributed by atoms with E-state index >= 15 is 0 Å². The third kappa shape index (κ3) is 5.78. The summed E-state index contributed by atoms with van der Waals surface area (Å²) in [6, 6.07) is 21.2. The highest BCUT2D eigenvalue weighted by Crippen LogP contribution is 2.42. The predicted octanol–water partition coefficient (Wildman–Crippen LogP) is 5.68. The number of ketones is 1. The van der Waals surface area contributed by atoms with Gasteiger partial charge in [-0.2, -0.15) is 0 Å². The number of hydrogen-bond donors (Lipinski definition) is 1. The molecule has 1 fully saturated rings. The number of carbonyl (C=O) groups excluding carboxylic acids is 1. The lowest BCUT2D eigenvalue weighted by Crippen LogP contribution is -2.68. The minimum absolute atomic E-state index is 0.0145. The third-order valence-corrected chi connectivity index (χ3v) is 17.8. The van der Waals surface area contributed by atoms with Gasteiger partial charge in [0.1, 0.15) is 6.10 Å². The molecule has 4 unspecified atom stereocenters. The molecule has 0 bridgehead atoms. The van der Waals surface area contributed by atoms with Crippen LogP contribution in [0.3, 0.4) is 0 Å². The molecule has 0 aromatic heterocycles. The molecule has 1 aliphatic rings. The Kier molecular flexibility index (Phi) is 8.58. The highest BCUT2D eigenvalue weighted by molar-refractivity contribution is 6.99. The summed E-state index contributed by atoms with van der Waals surface area (Å²) in [5.41, 5.74) is 0. The van der Waals surface area contributed by atoms with Crippen molar-refractivity contribution in [1.29, 1.82) is 0 Å². The molecule has 1 aliphatic carbocycles. The summed E-state index contributed by atoms with van der Waals surface area (Å²) in [6.07, 6.45) is -0.448. The highest BCUT2D eigenvalue weighted by atomic mass is 28.4. The molecule has 0 aliphatic heterocycles. The summed E-state index contributed by atoms with van der Waals surface area (Å²) in [5.74, 6) is -0.464. The fourth-order valence-corrected chi connectivity index (χ4v) is 11.2. The Balaban J connectivity index is 2.09. The van der Waals surface area contributed by atoms with E-state index in [-0.39, 0.29) is 22.0 Å². The van der Waals surface area contributed by atoms with Gasteiger partial charge in [-0.1, -0.05) is 102 Å². The molecule has 4 atom stereocenters. The van der Waals surface area contributed by atoms with Crippen molar-refractivity contribution in [3.63, 3.8) is 0 Å². The largest absolute Gasteiger partial charge is 0.407 e. The van der Waals surface area contributed by atoms with E-state index in [4.69, 9.17) is 8.85 Å². The minimum atomic E-state index is -2.79. The lowest BCUT2D eigenvalue weighted by molar-refractivity contribution is -0.141. The Morgan fingerprint density at radius 3 is 1.67 bits per heavy atom. The molecule has 3 rings (SSSR count). The first-order valence-electron chi connectivity index (χ1n) is 13.3. The van der Waals surface area contributed by atoms with Gasteiger partial charge < -0.3 is 14.0 Å². The maximum absolute atomic E-state index is 13.5. The van der Waals surface area contributed by atoms with Crippen molar-refractivity contribution < 1.29 is 18.8 Å². The standard InChI is InChI=1S/C30H46O4Si2/c1-22(31)26-20-23(21-27(28(26)32)34-35(8,9)29(2,3)4)33-36(30(5,6)7,24-16-12-10-13-17-24)25-18-14-11-15-19-25/h10-19,22-23,26-27,31H,20-21H2,1-9H3. The van der Waals surface area contributed by atoms with E-state index in [1.165, 1.54) is 10.4 Å². The Morgan fingerprint density at radius 2 is 1.28 bits per heavy atom. The molecule has 1 saturated carbocycles. The van der Waals surface area contributed by atoms with Crippen molar-refractivity contribution in [2.75, 3.05) is 0 Å². The van der Waals surface area contributed by atoms with Crippen molar-refractivity contribution >= 4 is 32.8 Å². The van der Waals surface area contributed by atoms with Crippen molar-refractivity contribution in [1.82, 2.24) is 0 Å². The summed E-state index contributed by atoms with van der Waals surface area (Å²) in [7, 11) is -4.98. The van der Waals surface area contributed by atoms with Crippen LogP contribution in [-0.4, -0.2) is 45.8 Å². The van der Waals surface area contributed by atoms with Gasteiger partial charge in [0.25, 0.3) is 8.32 Å². The first-order valence-corrected chi connectivity index (χ1v) is 18.1. The number of aliphatic hydroxyl groups excluding tert-OH is 1. The van der Waals surface area contributed by atoms with Gasteiger partial charge in [0.2, 0.25) is 0 Å². The monoisotopic (exact) mass is 526 g/mol. The first kappa shape index (κ1) is 29.0. The van der Waals surface area contributed by atoms with Gasteiger partial charge in [-0.3, -0.25) is 4.79 Å². The molecule has 1 N–H and O–H groups in total. The maximum Gasteiger partial charge on any atom is 0.261 e. The molecular formula is C30H46O4Si2. The second kappa shape index (κ2) is 10.7.